The molecule has 1 nitrogen and oxygen atoms in total. The van der Waals surface area contributed by atoms with E-state index in [0.717, 1.165) is 13.0 Å². The van der Waals surface area contributed by atoms with E-state index >= 15 is 0 Å². The van der Waals surface area contributed by atoms with E-state index < -0.39 is 6.17 Å². The molecule has 2 atom stereocenters. The van der Waals surface area contributed by atoms with E-state index in [9.17, 15) is 4.39 Å². The number of rotatable bonds is 1. The van der Waals surface area contributed by atoms with Crippen molar-refractivity contribution < 1.29 is 4.39 Å². The van der Waals surface area contributed by atoms with Crippen molar-refractivity contribution in [2.24, 2.45) is 5.92 Å². The molecule has 1 aliphatic heterocycles. The van der Waals surface area contributed by atoms with Crippen molar-refractivity contribution in [2.75, 3.05) is 13.1 Å². The molecule has 0 spiro atoms. The Morgan fingerprint density at radius 2 is 2.22 bits per heavy atom. The van der Waals surface area contributed by atoms with Crippen LogP contribution in [0.1, 0.15) is 13.3 Å². The topological polar surface area (TPSA) is 12.0 Å². The van der Waals surface area contributed by atoms with Crippen LogP contribution in [0.3, 0.4) is 0 Å². The van der Waals surface area contributed by atoms with Crippen LogP contribution in [0.5, 0.6) is 0 Å². The minimum absolute atomic E-state index is 0. The van der Waals surface area contributed by atoms with Gasteiger partial charge in [0.2, 0.25) is 0 Å². The first-order valence-corrected chi connectivity index (χ1v) is 3.19. The molecule has 0 aromatic rings. The Kier molecular flexibility index (Phi) is 4.15. The van der Waals surface area contributed by atoms with Crippen LogP contribution in [-0.4, -0.2) is 19.3 Å². The molecule has 0 saturated carbocycles. The minimum Gasteiger partial charge on any atom is -0.313 e. The van der Waals surface area contributed by atoms with Crippen LogP contribution in [0.25, 0.3) is 0 Å². The first-order valence-electron chi connectivity index (χ1n) is 3.19. The van der Waals surface area contributed by atoms with Crippen LogP contribution in [0, 0.1) is 5.92 Å². The molecular formula is C6H13ClFN. The summed E-state index contributed by atoms with van der Waals surface area (Å²) < 4.78 is 12.5. The van der Waals surface area contributed by atoms with Crippen molar-refractivity contribution in [3.63, 3.8) is 0 Å². The van der Waals surface area contributed by atoms with Crippen LogP contribution in [-0.2, 0) is 0 Å². The Balaban J connectivity index is 0.000000640. The fourth-order valence-electron chi connectivity index (χ4n) is 1.10. The molecule has 1 fully saturated rings. The monoisotopic (exact) mass is 153 g/mol. The highest BCUT2D eigenvalue weighted by molar-refractivity contribution is 5.85. The van der Waals surface area contributed by atoms with Crippen LogP contribution in [0.2, 0.25) is 0 Å². The predicted octanol–water partition coefficient (Wildman–Crippen LogP) is 1.38. The van der Waals surface area contributed by atoms with Crippen LogP contribution < -0.4 is 5.32 Å². The molecule has 0 radical (unpaired) electrons. The zero-order chi connectivity index (χ0) is 5.98. The van der Waals surface area contributed by atoms with Crippen LogP contribution in [0.4, 0.5) is 4.39 Å². The normalized spacial score (nSPS) is 34.0. The van der Waals surface area contributed by atoms with Gasteiger partial charge in [0.15, 0.2) is 0 Å². The van der Waals surface area contributed by atoms with Gasteiger partial charge >= 0.3 is 0 Å². The Morgan fingerprint density at radius 1 is 1.56 bits per heavy atom. The summed E-state index contributed by atoms with van der Waals surface area (Å²) in [6, 6.07) is 0. The van der Waals surface area contributed by atoms with E-state index in [2.05, 4.69) is 5.32 Å². The quantitative estimate of drug-likeness (QED) is 0.600. The fraction of sp³-hybridized carbons (Fsp3) is 1.00. The largest absolute Gasteiger partial charge is 0.313 e. The Bertz CT molecular complexity index is 79.5. The number of alkyl halides is 1. The third-order valence-electron chi connectivity index (χ3n) is 1.78. The molecule has 3 heteroatoms. The summed E-state index contributed by atoms with van der Waals surface area (Å²) in [5, 5.41) is 3.00. The summed E-state index contributed by atoms with van der Waals surface area (Å²) >= 11 is 0. The summed E-state index contributed by atoms with van der Waals surface area (Å²) in [7, 11) is 0. The Morgan fingerprint density at radius 3 is 2.44 bits per heavy atom. The van der Waals surface area contributed by atoms with Gasteiger partial charge < -0.3 is 5.32 Å². The van der Waals surface area contributed by atoms with Crippen molar-refractivity contribution in [3.8, 4) is 0 Å². The number of hydrogen-bond acceptors (Lipinski definition) is 1. The summed E-state index contributed by atoms with van der Waals surface area (Å²) in [6.07, 6.45) is 0.383. The molecule has 9 heavy (non-hydrogen) atoms. The number of hydrogen-bond donors (Lipinski definition) is 1. The highest BCUT2D eigenvalue weighted by Crippen LogP contribution is 2.14. The van der Waals surface area contributed by atoms with E-state index in [-0.39, 0.29) is 18.3 Å². The zero-order valence-electron chi connectivity index (χ0n) is 5.56. The molecule has 1 saturated heterocycles. The van der Waals surface area contributed by atoms with Gasteiger partial charge in [-0.1, -0.05) is 6.92 Å². The molecular weight excluding hydrogens is 141 g/mol. The fourth-order valence-corrected chi connectivity index (χ4v) is 1.10. The maximum absolute atomic E-state index is 12.5. The smallest absolute Gasteiger partial charge is 0.116 e. The van der Waals surface area contributed by atoms with Crippen molar-refractivity contribution in [3.05, 3.63) is 0 Å². The molecule has 0 aromatic carbocycles. The molecule has 1 aliphatic rings. The molecule has 1 rings (SSSR count). The van der Waals surface area contributed by atoms with Gasteiger partial charge in [0, 0.05) is 19.0 Å². The zero-order valence-corrected chi connectivity index (χ0v) is 6.38. The Labute approximate surface area is 61.4 Å². The third-order valence-corrected chi connectivity index (χ3v) is 1.78. The number of nitrogens with one attached hydrogen (secondary N) is 1. The first-order chi connectivity index (χ1) is 3.84. The average molecular weight is 154 g/mol. The molecule has 0 bridgehead atoms. The van der Waals surface area contributed by atoms with Crippen molar-refractivity contribution >= 4 is 12.4 Å². The van der Waals surface area contributed by atoms with E-state index in [1.165, 1.54) is 0 Å². The van der Waals surface area contributed by atoms with Gasteiger partial charge in [-0.05, 0) is 6.42 Å². The molecule has 1 heterocycles. The maximum atomic E-state index is 12.5. The second-order valence-corrected chi connectivity index (χ2v) is 2.34. The molecule has 1 N–H and O–H groups in total. The molecule has 0 aromatic heterocycles. The van der Waals surface area contributed by atoms with Gasteiger partial charge in [-0.3, -0.25) is 0 Å². The van der Waals surface area contributed by atoms with Gasteiger partial charge in [0.05, 0.1) is 0 Å². The summed E-state index contributed by atoms with van der Waals surface area (Å²) in [5.41, 5.74) is 0. The second kappa shape index (κ2) is 4.07. The molecule has 0 unspecified atom stereocenters. The molecule has 0 amide bonds. The standard InChI is InChI=1S/C6H12FN.ClH/c1-2-5-3-8-4-6(5)7;/h5-6,8H,2-4H2,1H3;1H/t5-,6+;/m1./s1. The van der Waals surface area contributed by atoms with Crippen LogP contribution >= 0.6 is 12.4 Å². The predicted molar refractivity (Wildman–Crippen MR) is 38.8 cm³/mol. The highest BCUT2D eigenvalue weighted by atomic mass is 35.5. The van der Waals surface area contributed by atoms with Crippen LogP contribution in [0.15, 0.2) is 0 Å². The van der Waals surface area contributed by atoms with Gasteiger partial charge in [0.25, 0.3) is 0 Å². The lowest BCUT2D eigenvalue weighted by atomic mass is 10.1. The summed E-state index contributed by atoms with van der Waals surface area (Å²) in [5.74, 6) is 0.287. The third kappa shape index (κ3) is 2.11. The van der Waals surface area contributed by atoms with Gasteiger partial charge in [0.1, 0.15) is 6.17 Å². The number of halogens is 2. The Hall–Kier alpha value is 0.180. The van der Waals surface area contributed by atoms with Crippen molar-refractivity contribution in [1.29, 1.82) is 0 Å². The summed E-state index contributed by atoms with van der Waals surface area (Å²) in [6.45, 7) is 3.47. The molecule has 56 valence electrons. The van der Waals surface area contributed by atoms with Gasteiger partial charge in [-0.25, -0.2) is 4.39 Å². The lowest BCUT2D eigenvalue weighted by molar-refractivity contribution is 0.278. The highest BCUT2D eigenvalue weighted by Gasteiger charge is 2.24. The lowest BCUT2D eigenvalue weighted by Gasteiger charge is -2.05. The van der Waals surface area contributed by atoms with E-state index in [1.54, 1.807) is 0 Å². The van der Waals surface area contributed by atoms with E-state index in [4.69, 9.17) is 0 Å². The van der Waals surface area contributed by atoms with Crippen molar-refractivity contribution in [1.82, 2.24) is 5.32 Å². The summed E-state index contributed by atoms with van der Waals surface area (Å²) in [4.78, 5) is 0. The molecule has 0 aliphatic carbocycles. The first kappa shape index (κ1) is 9.18. The maximum Gasteiger partial charge on any atom is 0.116 e. The minimum atomic E-state index is -0.583. The van der Waals surface area contributed by atoms with Gasteiger partial charge in [-0.15, -0.1) is 12.4 Å². The van der Waals surface area contributed by atoms with E-state index in [1.807, 2.05) is 6.92 Å². The van der Waals surface area contributed by atoms with Crippen molar-refractivity contribution in [2.45, 2.75) is 19.5 Å². The SMILES string of the molecule is CC[C@@H]1CNC[C@@H]1F.Cl. The average Bonchev–Trinajstić information content (AvgIpc) is 2.14. The van der Waals surface area contributed by atoms with E-state index in [0.29, 0.717) is 6.54 Å². The lowest BCUT2D eigenvalue weighted by Crippen LogP contribution is -2.10. The second-order valence-electron chi connectivity index (χ2n) is 2.34. The van der Waals surface area contributed by atoms with Gasteiger partial charge in [-0.2, -0.15) is 0 Å².